The van der Waals surface area contributed by atoms with Gasteiger partial charge in [0.05, 0.1) is 0 Å². The van der Waals surface area contributed by atoms with Gasteiger partial charge < -0.3 is 0 Å². The van der Waals surface area contributed by atoms with E-state index in [1.807, 2.05) is 30.7 Å². The number of pyridine rings is 2. The minimum Gasteiger partial charge on any atom is -0.264 e. The van der Waals surface area contributed by atoms with Crippen LogP contribution in [-0.4, -0.2) is 9.97 Å². The fourth-order valence-corrected chi connectivity index (χ4v) is 2.93. The quantitative estimate of drug-likeness (QED) is 0.811. The normalized spacial score (nSPS) is 16.8. The average molecular weight is 252 g/mol. The molecule has 98 valence electrons. The van der Waals surface area contributed by atoms with E-state index < -0.39 is 0 Å². The van der Waals surface area contributed by atoms with E-state index in [4.69, 9.17) is 0 Å². The van der Waals surface area contributed by atoms with E-state index in [1.54, 1.807) is 0 Å². The topological polar surface area (TPSA) is 25.8 Å². The minimum absolute atomic E-state index is 0.716. The molecular formula is C17H20N2. The summed E-state index contributed by atoms with van der Waals surface area (Å²) < 4.78 is 0. The number of hydrogen-bond acceptors (Lipinski definition) is 2. The zero-order chi connectivity index (χ0) is 12.9. The van der Waals surface area contributed by atoms with Crippen molar-refractivity contribution < 1.29 is 0 Å². The summed E-state index contributed by atoms with van der Waals surface area (Å²) in [5, 5.41) is 0. The molecule has 2 aromatic heterocycles. The molecule has 19 heavy (non-hydrogen) atoms. The van der Waals surface area contributed by atoms with Crippen molar-refractivity contribution in [2.45, 2.75) is 32.1 Å². The van der Waals surface area contributed by atoms with Crippen molar-refractivity contribution in [1.29, 1.82) is 0 Å². The van der Waals surface area contributed by atoms with Crippen molar-refractivity contribution in [2.75, 3.05) is 0 Å². The van der Waals surface area contributed by atoms with Crippen LogP contribution in [-0.2, 0) is 12.8 Å². The zero-order valence-electron chi connectivity index (χ0n) is 11.2. The van der Waals surface area contributed by atoms with Gasteiger partial charge >= 0.3 is 0 Å². The molecule has 0 aromatic carbocycles. The van der Waals surface area contributed by atoms with Crippen molar-refractivity contribution in [3.05, 3.63) is 60.2 Å². The minimum atomic E-state index is 0.716. The third kappa shape index (κ3) is 3.19. The molecule has 0 saturated heterocycles. The Hall–Kier alpha value is -1.70. The van der Waals surface area contributed by atoms with Crippen molar-refractivity contribution in [2.24, 2.45) is 11.8 Å². The first-order valence-electron chi connectivity index (χ1n) is 7.20. The maximum Gasteiger partial charge on any atom is 0.0406 e. The third-order valence-electron chi connectivity index (χ3n) is 4.23. The maximum atomic E-state index is 4.49. The molecule has 0 radical (unpaired) electrons. The molecule has 2 heterocycles. The highest BCUT2D eigenvalue weighted by Gasteiger charge is 2.27. The first kappa shape index (κ1) is 12.3. The van der Waals surface area contributed by atoms with E-state index in [0.717, 1.165) is 18.8 Å². The molecular weight excluding hydrogens is 232 g/mol. The van der Waals surface area contributed by atoms with Gasteiger partial charge in [-0.05, 0) is 48.4 Å². The van der Waals surface area contributed by atoms with Crippen molar-refractivity contribution in [1.82, 2.24) is 9.97 Å². The van der Waals surface area contributed by atoms with Crippen LogP contribution in [0.25, 0.3) is 0 Å². The van der Waals surface area contributed by atoms with E-state index in [2.05, 4.69) is 28.2 Å². The van der Waals surface area contributed by atoms with Crippen molar-refractivity contribution in [3.63, 3.8) is 0 Å². The molecule has 1 saturated carbocycles. The lowest BCUT2D eigenvalue weighted by Crippen LogP contribution is -2.26. The van der Waals surface area contributed by atoms with Crippen LogP contribution >= 0.6 is 0 Å². The van der Waals surface area contributed by atoms with E-state index in [9.17, 15) is 0 Å². The summed E-state index contributed by atoms with van der Waals surface area (Å²) in [6, 6.07) is 10.5. The predicted octanol–water partition coefficient (Wildman–Crippen LogP) is 3.68. The van der Waals surface area contributed by atoms with E-state index in [0.29, 0.717) is 5.92 Å². The lowest BCUT2D eigenvalue weighted by atomic mass is 9.72. The molecule has 0 bridgehead atoms. The third-order valence-corrected chi connectivity index (χ3v) is 4.23. The van der Waals surface area contributed by atoms with Crippen LogP contribution in [0.5, 0.6) is 0 Å². The Labute approximate surface area is 114 Å². The number of aromatic nitrogens is 2. The molecule has 2 nitrogen and oxygen atoms in total. The van der Waals surface area contributed by atoms with Crippen LogP contribution < -0.4 is 0 Å². The predicted molar refractivity (Wildman–Crippen MR) is 76.7 cm³/mol. The fraction of sp³-hybridized carbons (Fsp3) is 0.412. The van der Waals surface area contributed by atoms with Gasteiger partial charge in [0, 0.05) is 24.3 Å². The average Bonchev–Trinajstić information content (AvgIpc) is 2.39. The summed E-state index contributed by atoms with van der Waals surface area (Å²) in [6.07, 6.45) is 12.2. The van der Waals surface area contributed by atoms with E-state index in [-0.39, 0.29) is 0 Å². The summed E-state index contributed by atoms with van der Waals surface area (Å²) in [4.78, 5) is 8.72. The Morgan fingerprint density at radius 3 is 2.63 bits per heavy atom. The standard InChI is InChI=1S/C17H20N2/c1-2-10-19-17(8-1)12-16(15-6-3-7-15)11-14-5-4-9-18-13-14/h1-2,4-5,8-10,13,15-16H,3,6-7,11-12H2. The summed E-state index contributed by atoms with van der Waals surface area (Å²) in [5.74, 6) is 1.59. The van der Waals surface area contributed by atoms with Gasteiger partial charge in [0.1, 0.15) is 0 Å². The van der Waals surface area contributed by atoms with Gasteiger partial charge in [-0.2, -0.15) is 0 Å². The van der Waals surface area contributed by atoms with Crippen LogP contribution in [0.4, 0.5) is 0 Å². The summed E-state index contributed by atoms with van der Waals surface area (Å²) in [5.41, 5.74) is 2.58. The summed E-state index contributed by atoms with van der Waals surface area (Å²) >= 11 is 0. The maximum absolute atomic E-state index is 4.49. The van der Waals surface area contributed by atoms with Gasteiger partial charge in [0.25, 0.3) is 0 Å². The van der Waals surface area contributed by atoms with Crippen LogP contribution in [0.3, 0.4) is 0 Å². The lowest BCUT2D eigenvalue weighted by Gasteiger charge is -2.34. The monoisotopic (exact) mass is 252 g/mol. The van der Waals surface area contributed by atoms with Gasteiger partial charge in [0.15, 0.2) is 0 Å². The van der Waals surface area contributed by atoms with Crippen LogP contribution in [0.15, 0.2) is 48.9 Å². The smallest absolute Gasteiger partial charge is 0.0406 e. The number of nitrogens with zero attached hydrogens (tertiary/aromatic N) is 2. The van der Waals surface area contributed by atoms with Crippen molar-refractivity contribution in [3.8, 4) is 0 Å². The molecule has 1 aliphatic carbocycles. The first-order chi connectivity index (χ1) is 9.42. The number of hydrogen-bond donors (Lipinski definition) is 0. The van der Waals surface area contributed by atoms with E-state index in [1.165, 1.54) is 30.5 Å². The molecule has 1 aliphatic rings. The molecule has 1 fully saturated rings. The SMILES string of the molecule is c1ccc(CC(Cc2cccnc2)C2CCC2)nc1. The van der Waals surface area contributed by atoms with Gasteiger partial charge in [-0.25, -0.2) is 0 Å². The summed E-state index contributed by atoms with van der Waals surface area (Å²) in [7, 11) is 0. The fourth-order valence-electron chi connectivity index (χ4n) is 2.93. The molecule has 0 amide bonds. The van der Waals surface area contributed by atoms with Gasteiger partial charge in [0.2, 0.25) is 0 Å². The Balaban J connectivity index is 1.71. The molecule has 3 rings (SSSR count). The van der Waals surface area contributed by atoms with Crippen LogP contribution in [0.2, 0.25) is 0 Å². The largest absolute Gasteiger partial charge is 0.264 e. The lowest BCUT2D eigenvalue weighted by molar-refractivity contribution is 0.202. The zero-order valence-corrected chi connectivity index (χ0v) is 11.2. The Kier molecular flexibility index (Phi) is 3.87. The molecule has 0 N–H and O–H groups in total. The highest BCUT2D eigenvalue weighted by molar-refractivity contribution is 5.12. The highest BCUT2D eigenvalue weighted by atomic mass is 14.7. The molecule has 2 aromatic rings. The number of rotatable bonds is 5. The Morgan fingerprint density at radius 2 is 2.00 bits per heavy atom. The second-order valence-electron chi connectivity index (χ2n) is 5.54. The summed E-state index contributed by atoms with van der Waals surface area (Å²) in [6.45, 7) is 0. The van der Waals surface area contributed by atoms with Crippen LogP contribution in [0.1, 0.15) is 30.5 Å². The van der Waals surface area contributed by atoms with Crippen LogP contribution in [0, 0.1) is 11.8 Å². The molecule has 0 spiro atoms. The van der Waals surface area contributed by atoms with E-state index >= 15 is 0 Å². The molecule has 2 heteroatoms. The second kappa shape index (κ2) is 5.96. The first-order valence-corrected chi connectivity index (χ1v) is 7.20. The van der Waals surface area contributed by atoms with Gasteiger partial charge in [-0.15, -0.1) is 0 Å². The van der Waals surface area contributed by atoms with Gasteiger partial charge in [-0.3, -0.25) is 9.97 Å². The van der Waals surface area contributed by atoms with Crippen molar-refractivity contribution >= 4 is 0 Å². The molecule has 0 aliphatic heterocycles. The second-order valence-corrected chi connectivity index (χ2v) is 5.54. The molecule has 1 unspecified atom stereocenters. The Bertz CT molecular complexity index is 450. The van der Waals surface area contributed by atoms with Gasteiger partial charge in [-0.1, -0.05) is 31.4 Å². The highest BCUT2D eigenvalue weighted by Crippen LogP contribution is 2.36. The Morgan fingerprint density at radius 1 is 1.05 bits per heavy atom. The molecule has 1 atom stereocenters.